The highest BCUT2D eigenvalue weighted by Gasteiger charge is 2.38. The highest BCUT2D eigenvalue weighted by Crippen LogP contribution is 2.42. The molecule has 0 radical (unpaired) electrons. The number of hydrogen-bond acceptors (Lipinski definition) is 2. The molecule has 1 unspecified atom stereocenters. The van der Waals surface area contributed by atoms with Crippen molar-refractivity contribution in [1.82, 2.24) is 0 Å². The summed E-state index contributed by atoms with van der Waals surface area (Å²) in [6.45, 7) is 13.2. The highest BCUT2D eigenvalue weighted by atomic mass is 16.5. The summed E-state index contributed by atoms with van der Waals surface area (Å²) < 4.78 is 6.27. The Hall–Kier alpha value is -0.0800. The molecule has 0 bridgehead atoms. The first-order chi connectivity index (χ1) is 8.83. The second-order valence-corrected chi connectivity index (χ2v) is 7.73. The van der Waals surface area contributed by atoms with Crippen LogP contribution in [0.3, 0.4) is 0 Å². The fourth-order valence-electron chi connectivity index (χ4n) is 3.31. The molecule has 19 heavy (non-hydrogen) atoms. The van der Waals surface area contributed by atoms with E-state index in [1.165, 1.54) is 25.7 Å². The average Bonchev–Trinajstić information content (AvgIpc) is 2.36. The van der Waals surface area contributed by atoms with Crippen LogP contribution in [0.5, 0.6) is 0 Å². The molecule has 0 heterocycles. The van der Waals surface area contributed by atoms with E-state index in [0.717, 1.165) is 25.4 Å². The molecule has 1 aliphatic carbocycles. The Bertz CT molecular complexity index is 248. The molecule has 0 aliphatic heterocycles. The number of hydrogen-bond donors (Lipinski definition) is 1. The van der Waals surface area contributed by atoms with Gasteiger partial charge in [-0.25, -0.2) is 0 Å². The Morgan fingerprint density at radius 1 is 1.26 bits per heavy atom. The molecule has 1 aliphatic rings. The second-order valence-electron chi connectivity index (χ2n) is 7.73. The van der Waals surface area contributed by atoms with Crippen LogP contribution < -0.4 is 5.73 Å². The van der Waals surface area contributed by atoms with Gasteiger partial charge in [0.25, 0.3) is 0 Å². The van der Waals surface area contributed by atoms with Crippen molar-refractivity contribution in [3.05, 3.63) is 0 Å². The van der Waals surface area contributed by atoms with Gasteiger partial charge in [-0.15, -0.1) is 0 Å². The Kier molecular flexibility index (Phi) is 6.32. The molecular formula is C17H35NO. The third-order valence-electron chi connectivity index (χ3n) is 4.95. The van der Waals surface area contributed by atoms with Gasteiger partial charge in [0.15, 0.2) is 0 Å². The van der Waals surface area contributed by atoms with Crippen molar-refractivity contribution in [3.8, 4) is 0 Å². The van der Waals surface area contributed by atoms with Gasteiger partial charge in [0.1, 0.15) is 0 Å². The summed E-state index contributed by atoms with van der Waals surface area (Å²) in [7, 11) is 0. The summed E-state index contributed by atoms with van der Waals surface area (Å²) >= 11 is 0. The quantitative estimate of drug-likeness (QED) is 0.777. The Balaban J connectivity index is 2.46. The maximum Gasteiger partial charge on any atom is 0.0804 e. The lowest BCUT2D eigenvalue weighted by Crippen LogP contribution is -2.46. The van der Waals surface area contributed by atoms with Gasteiger partial charge in [0.05, 0.1) is 5.60 Å². The molecule has 0 saturated heterocycles. The molecule has 0 amide bonds. The SMILES string of the molecule is CCCC(C)COC1(CN)CCC(C(C)(C)C)CC1. The molecule has 0 aromatic heterocycles. The minimum atomic E-state index is -0.0241. The van der Waals surface area contributed by atoms with Crippen molar-refractivity contribution in [2.24, 2.45) is 23.0 Å². The largest absolute Gasteiger partial charge is 0.373 e. The van der Waals surface area contributed by atoms with Gasteiger partial charge in [0, 0.05) is 13.2 Å². The molecule has 1 atom stereocenters. The van der Waals surface area contributed by atoms with Crippen LogP contribution in [0.25, 0.3) is 0 Å². The predicted molar refractivity (Wildman–Crippen MR) is 83.2 cm³/mol. The first kappa shape index (κ1) is 17.0. The van der Waals surface area contributed by atoms with Crippen LogP contribution in [-0.4, -0.2) is 18.8 Å². The summed E-state index contributed by atoms with van der Waals surface area (Å²) in [4.78, 5) is 0. The first-order valence-electron chi connectivity index (χ1n) is 8.17. The summed E-state index contributed by atoms with van der Waals surface area (Å²) in [6.07, 6.45) is 7.32. The van der Waals surface area contributed by atoms with Crippen LogP contribution in [0, 0.1) is 17.3 Å². The molecule has 1 fully saturated rings. The van der Waals surface area contributed by atoms with Crippen LogP contribution in [0.2, 0.25) is 0 Å². The summed E-state index contributed by atoms with van der Waals surface area (Å²) in [6, 6.07) is 0. The first-order valence-corrected chi connectivity index (χ1v) is 8.17. The van der Waals surface area contributed by atoms with Crippen molar-refractivity contribution in [1.29, 1.82) is 0 Å². The molecule has 0 spiro atoms. The Morgan fingerprint density at radius 3 is 2.26 bits per heavy atom. The zero-order chi connectivity index (χ0) is 14.5. The molecule has 0 aromatic carbocycles. The van der Waals surface area contributed by atoms with Crippen molar-refractivity contribution in [2.75, 3.05) is 13.2 Å². The maximum absolute atomic E-state index is 6.27. The summed E-state index contributed by atoms with van der Waals surface area (Å²) in [5.41, 5.74) is 6.43. The molecule has 1 rings (SSSR count). The van der Waals surface area contributed by atoms with Crippen LogP contribution in [0.15, 0.2) is 0 Å². The van der Waals surface area contributed by atoms with Crippen LogP contribution >= 0.6 is 0 Å². The molecular weight excluding hydrogens is 234 g/mol. The fourth-order valence-corrected chi connectivity index (χ4v) is 3.31. The van der Waals surface area contributed by atoms with E-state index in [9.17, 15) is 0 Å². The van der Waals surface area contributed by atoms with E-state index in [-0.39, 0.29) is 5.60 Å². The number of nitrogens with two attached hydrogens (primary N) is 1. The van der Waals surface area contributed by atoms with Gasteiger partial charge in [-0.3, -0.25) is 0 Å². The number of ether oxygens (including phenoxy) is 1. The van der Waals surface area contributed by atoms with E-state index in [1.54, 1.807) is 0 Å². The van der Waals surface area contributed by atoms with Crippen LogP contribution in [0.4, 0.5) is 0 Å². The topological polar surface area (TPSA) is 35.2 Å². The smallest absolute Gasteiger partial charge is 0.0804 e. The van der Waals surface area contributed by atoms with E-state index < -0.39 is 0 Å². The minimum absolute atomic E-state index is 0.0241. The van der Waals surface area contributed by atoms with E-state index in [1.807, 2.05) is 0 Å². The zero-order valence-electron chi connectivity index (χ0n) is 13.8. The lowest BCUT2D eigenvalue weighted by Gasteiger charge is -2.43. The Morgan fingerprint density at radius 2 is 1.84 bits per heavy atom. The summed E-state index contributed by atoms with van der Waals surface area (Å²) in [5.74, 6) is 1.48. The van der Waals surface area contributed by atoms with Gasteiger partial charge >= 0.3 is 0 Å². The average molecular weight is 269 g/mol. The van der Waals surface area contributed by atoms with Gasteiger partial charge < -0.3 is 10.5 Å². The number of rotatable bonds is 6. The summed E-state index contributed by atoms with van der Waals surface area (Å²) in [5, 5.41) is 0. The maximum atomic E-state index is 6.27. The van der Waals surface area contributed by atoms with Crippen molar-refractivity contribution in [2.45, 2.75) is 78.7 Å². The standard InChI is InChI=1S/C17H35NO/c1-6-7-14(2)12-19-17(13-18)10-8-15(9-11-17)16(3,4)5/h14-15H,6-13,18H2,1-5H3. The zero-order valence-corrected chi connectivity index (χ0v) is 13.8. The minimum Gasteiger partial charge on any atom is -0.373 e. The molecule has 2 heteroatoms. The molecule has 2 N–H and O–H groups in total. The molecule has 0 aromatic rings. The molecule has 114 valence electrons. The van der Waals surface area contributed by atoms with Gasteiger partial charge in [-0.2, -0.15) is 0 Å². The monoisotopic (exact) mass is 269 g/mol. The van der Waals surface area contributed by atoms with Gasteiger partial charge in [-0.1, -0.05) is 41.0 Å². The molecule has 2 nitrogen and oxygen atoms in total. The van der Waals surface area contributed by atoms with Crippen molar-refractivity contribution in [3.63, 3.8) is 0 Å². The van der Waals surface area contributed by atoms with E-state index in [2.05, 4.69) is 34.6 Å². The van der Waals surface area contributed by atoms with Crippen LogP contribution in [0.1, 0.15) is 73.1 Å². The van der Waals surface area contributed by atoms with Gasteiger partial charge in [0.2, 0.25) is 0 Å². The van der Waals surface area contributed by atoms with Gasteiger partial charge in [-0.05, 0) is 49.4 Å². The van der Waals surface area contributed by atoms with E-state index in [0.29, 0.717) is 17.9 Å². The van der Waals surface area contributed by atoms with Crippen LogP contribution in [-0.2, 0) is 4.74 Å². The lowest BCUT2D eigenvalue weighted by atomic mass is 9.68. The third-order valence-corrected chi connectivity index (χ3v) is 4.95. The van der Waals surface area contributed by atoms with E-state index >= 15 is 0 Å². The Labute approximate surface area is 120 Å². The van der Waals surface area contributed by atoms with Crippen molar-refractivity contribution >= 4 is 0 Å². The molecule has 1 saturated carbocycles. The second kappa shape index (κ2) is 7.08. The highest BCUT2D eigenvalue weighted by molar-refractivity contribution is 4.91. The van der Waals surface area contributed by atoms with E-state index in [4.69, 9.17) is 10.5 Å². The fraction of sp³-hybridized carbons (Fsp3) is 1.00. The van der Waals surface area contributed by atoms with Crippen molar-refractivity contribution < 1.29 is 4.74 Å². The lowest BCUT2D eigenvalue weighted by molar-refractivity contribution is -0.0904. The predicted octanol–water partition coefficient (Wildman–Crippen LogP) is 4.37. The normalized spacial score (nSPS) is 30.3. The third kappa shape index (κ3) is 5.07.